The van der Waals surface area contributed by atoms with Gasteiger partial charge in [-0.3, -0.25) is 9.69 Å². The molecule has 0 aliphatic carbocycles. The average molecular weight is 597 g/mol. The molecule has 0 radical (unpaired) electrons. The van der Waals surface area contributed by atoms with Gasteiger partial charge in [-0.25, -0.2) is 4.79 Å². The van der Waals surface area contributed by atoms with E-state index in [2.05, 4.69) is 10.6 Å². The number of carbonyl (C=O) groups excluding carboxylic acids is 2. The molecular weight excluding hydrogens is 570 g/mol. The van der Waals surface area contributed by atoms with Crippen molar-refractivity contribution in [3.05, 3.63) is 64.2 Å². The Bertz CT molecular complexity index is 1190. The van der Waals surface area contributed by atoms with Gasteiger partial charge in [0.2, 0.25) is 0 Å². The number of nitrogens with zero attached hydrogens (tertiary/aromatic N) is 2. The molecule has 1 heterocycles. The van der Waals surface area contributed by atoms with Crippen molar-refractivity contribution in [1.82, 2.24) is 15.1 Å². The van der Waals surface area contributed by atoms with Crippen LogP contribution in [0.3, 0.4) is 0 Å². The summed E-state index contributed by atoms with van der Waals surface area (Å²) in [5.74, 6) is -0.311. The standard InChI is InChI=1S/C25H27ClF6N4O4/c1-15(37)13-33-22(39)34-20-7-4-17(12-19(20)26)21(38)36-10-8-35(9-11-36)14-16-2-5-18(6-3-16)23(40,24(27,28)29)25(30,31)32/h2-7,12,15,37,40H,8-11,13-14H2,1H3,(H2,33,34,39)/t15-/m0/s1. The molecule has 2 aromatic rings. The van der Waals surface area contributed by atoms with Crippen LogP contribution in [-0.4, -0.2) is 83.1 Å². The first-order valence-electron chi connectivity index (χ1n) is 12.0. The van der Waals surface area contributed by atoms with E-state index in [-0.39, 0.29) is 35.3 Å². The number of nitrogens with one attached hydrogen (secondary N) is 2. The third-order valence-corrected chi connectivity index (χ3v) is 6.59. The second kappa shape index (κ2) is 12.2. The molecule has 40 heavy (non-hydrogen) atoms. The smallest absolute Gasteiger partial charge is 0.392 e. The molecule has 8 nitrogen and oxygen atoms in total. The van der Waals surface area contributed by atoms with Crippen molar-refractivity contribution in [3.63, 3.8) is 0 Å². The summed E-state index contributed by atoms with van der Waals surface area (Å²) in [6, 6.07) is 7.19. The lowest BCUT2D eigenvalue weighted by atomic mass is 9.91. The Kier molecular flexibility index (Phi) is 9.60. The van der Waals surface area contributed by atoms with E-state index in [0.29, 0.717) is 43.9 Å². The second-order valence-electron chi connectivity index (χ2n) is 9.35. The predicted molar refractivity (Wildman–Crippen MR) is 134 cm³/mol. The van der Waals surface area contributed by atoms with Gasteiger partial charge in [-0.1, -0.05) is 35.9 Å². The zero-order chi connectivity index (χ0) is 29.9. The maximum atomic E-state index is 13.1. The molecule has 3 rings (SSSR count). The Morgan fingerprint density at radius 1 is 0.975 bits per heavy atom. The van der Waals surface area contributed by atoms with Gasteiger partial charge in [-0.2, -0.15) is 26.3 Å². The zero-order valence-electron chi connectivity index (χ0n) is 21.1. The summed E-state index contributed by atoms with van der Waals surface area (Å²) < 4.78 is 78.5. The fourth-order valence-corrected chi connectivity index (χ4v) is 4.27. The molecule has 15 heteroatoms. The van der Waals surface area contributed by atoms with Gasteiger partial charge in [0.15, 0.2) is 0 Å². The highest BCUT2D eigenvalue weighted by Crippen LogP contribution is 2.50. The van der Waals surface area contributed by atoms with E-state index in [0.717, 1.165) is 12.1 Å². The van der Waals surface area contributed by atoms with Gasteiger partial charge < -0.3 is 25.7 Å². The normalized spacial score (nSPS) is 16.0. The van der Waals surface area contributed by atoms with Crippen LogP contribution in [0.25, 0.3) is 0 Å². The lowest BCUT2D eigenvalue weighted by Crippen LogP contribution is -2.53. The van der Waals surface area contributed by atoms with Crippen molar-refractivity contribution < 1.29 is 46.1 Å². The summed E-state index contributed by atoms with van der Waals surface area (Å²) in [6.45, 7) is 3.14. The van der Waals surface area contributed by atoms with E-state index in [9.17, 15) is 46.1 Å². The molecule has 4 N–H and O–H groups in total. The molecule has 0 aromatic heterocycles. The van der Waals surface area contributed by atoms with Crippen LogP contribution in [0.2, 0.25) is 5.02 Å². The van der Waals surface area contributed by atoms with Crippen molar-refractivity contribution in [2.75, 3.05) is 38.0 Å². The molecule has 1 fully saturated rings. The van der Waals surface area contributed by atoms with Crippen LogP contribution >= 0.6 is 11.6 Å². The van der Waals surface area contributed by atoms with Crippen molar-refractivity contribution in [2.24, 2.45) is 0 Å². The summed E-state index contributed by atoms with van der Waals surface area (Å²) in [7, 11) is 0. The van der Waals surface area contributed by atoms with Gasteiger partial charge >= 0.3 is 18.4 Å². The van der Waals surface area contributed by atoms with E-state index >= 15 is 0 Å². The third kappa shape index (κ3) is 7.16. The molecule has 2 aromatic carbocycles. The van der Waals surface area contributed by atoms with Crippen LogP contribution in [0.4, 0.5) is 36.8 Å². The number of aliphatic hydroxyl groups excluding tert-OH is 1. The SMILES string of the molecule is C[C@H](O)CNC(=O)Nc1ccc(C(=O)N2CCN(Cc3ccc(C(O)(C(F)(F)F)C(F)(F)F)cc3)CC2)cc1Cl. The predicted octanol–water partition coefficient (Wildman–Crippen LogP) is 4.11. The lowest BCUT2D eigenvalue weighted by molar-refractivity contribution is -0.376. The van der Waals surface area contributed by atoms with Crippen LogP contribution in [0.5, 0.6) is 0 Å². The molecule has 0 unspecified atom stereocenters. The summed E-state index contributed by atoms with van der Waals surface area (Å²) in [4.78, 5) is 28.2. The fraction of sp³-hybridized carbons (Fsp3) is 0.440. The van der Waals surface area contributed by atoms with E-state index in [4.69, 9.17) is 11.6 Å². The van der Waals surface area contributed by atoms with Gasteiger partial charge in [-0.05, 0) is 30.7 Å². The highest BCUT2D eigenvalue weighted by atomic mass is 35.5. The van der Waals surface area contributed by atoms with E-state index < -0.39 is 35.7 Å². The molecule has 0 bridgehead atoms. The lowest BCUT2D eigenvalue weighted by Gasteiger charge is -2.35. The Balaban J connectivity index is 1.57. The van der Waals surface area contributed by atoms with Gasteiger partial charge in [-0.15, -0.1) is 0 Å². The first kappa shape index (κ1) is 31.5. The average Bonchev–Trinajstić information content (AvgIpc) is 2.87. The van der Waals surface area contributed by atoms with Crippen molar-refractivity contribution in [2.45, 2.75) is 37.5 Å². The van der Waals surface area contributed by atoms with E-state index in [1.807, 2.05) is 4.90 Å². The molecule has 1 saturated heterocycles. The van der Waals surface area contributed by atoms with Crippen LogP contribution in [0, 0.1) is 0 Å². The van der Waals surface area contributed by atoms with Gasteiger partial charge in [0, 0.05) is 50.4 Å². The molecule has 3 amide bonds. The van der Waals surface area contributed by atoms with E-state index in [1.165, 1.54) is 25.1 Å². The molecule has 1 aliphatic rings. The number of piperazine rings is 1. The first-order chi connectivity index (χ1) is 18.5. The second-order valence-corrected chi connectivity index (χ2v) is 9.76. The number of anilines is 1. The number of urea groups is 1. The fourth-order valence-electron chi connectivity index (χ4n) is 4.05. The minimum atomic E-state index is -5.95. The number of benzene rings is 2. The highest BCUT2D eigenvalue weighted by Gasteiger charge is 2.71. The number of halogens is 7. The quantitative estimate of drug-likeness (QED) is 0.360. The van der Waals surface area contributed by atoms with Crippen molar-refractivity contribution in [3.8, 4) is 0 Å². The maximum Gasteiger partial charge on any atom is 0.430 e. The van der Waals surface area contributed by atoms with E-state index in [1.54, 1.807) is 4.90 Å². The van der Waals surface area contributed by atoms with Gasteiger partial charge in [0.25, 0.3) is 11.5 Å². The number of alkyl halides is 6. The Morgan fingerprint density at radius 2 is 1.55 bits per heavy atom. The number of rotatable bonds is 7. The number of carbonyl (C=O) groups is 2. The van der Waals surface area contributed by atoms with Gasteiger partial charge in [0.1, 0.15) is 0 Å². The Labute approximate surface area is 230 Å². The number of aliphatic hydroxyl groups is 2. The Hall–Kier alpha value is -3.07. The number of hydrogen-bond donors (Lipinski definition) is 4. The summed E-state index contributed by atoms with van der Waals surface area (Å²) >= 11 is 6.21. The number of hydrogen-bond acceptors (Lipinski definition) is 5. The summed E-state index contributed by atoms with van der Waals surface area (Å²) in [5.41, 5.74) is -5.33. The van der Waals surface area contributed by atoms with Crippen LogP contribution in [0.15, 0.2) is 42.5 Å². The maximum absolute atomic E-state index is 13.1. The third-order valence-electron chi connectivity index (χ3n) is 6.28. The van der Waals surface area contributed by atoms with Crippen molar-refractivity contribution in [1.29, 1.82) is 0 Å². The molecule has 220 valence electrons. The topological polar surface area (TPSA) is 105 Å². The number of amides is 3. The highest BCUT2D eigenvalue weighted by molar-refractivity contribution is 6.34. The minimum Gasteiger partial charge on any atom is -0.392 e. The van der Waals surface area contributed by atoms with Gasteiger partial charge in [0.05, 0.1) is 16.8 Å². The molecule has 1 aliphatic heterocycles. The first-order valence-corrected chi connectivity index (χ1v) is 12.4. The summed E-state index contributed by atoms with van der Waals surface area (Å²) in [5, 5.41) is 23.8. The Morgan fingerprint density at radius 3 is 2.05 bits per heavy atom. The van der Waals surface area contributed by atoms with Crippen LogP contribution in [0.1, 0.15) is 28.4 Å². The van der Waals surface area contributed by atoms with Crippen molar-refractivity contribution >= 4 is 29.2 Å². The monoisotopic (exact) mass is 596 g/mol. The minimum absolute atomic E-state index is 0.0385. The molecule has 0 saturated carbocycles. The molecular formula is C25H27ClF6N4O4. The van der Waals surface area contributed by atoms with Crippen LogP contribution < -0.4 is 10.6 Å². The zero-order valence-corrected chi connectivity index (χ0v) is 21.9. The van der Waals surface area contributed by atoms with Crippen LogP contribution in [-0.2, 0) is 12.1 Å². The molecule has 0 spiro atoms. The summed E-state index contributed by atoms with van der Waals surface area (Å²) in [6.07, 6.45) is -12.6. The largest absolute Gasteiger partial charge is 0.430 e. The molecule has 1 atom stereocenters.